The molecule has 150 valence electrons. The van der Waals surface area contributed by atoms with Gasteiger partial charge in [0.2, 0.25) is 0 Å². The Morgan fingerprint density at radius 2 is 1.79 bits per heavy atom. The second-order valence-electron chi connectivity index (χ2n) is 6.04. The molecule has 0 saturated heterocycles. The van der Waals surface area contributed by atoms with Crippen LogP contribution in [-0.4, -0.2) is 18.1 Å². The Kier molecular flexibility index (Phi) is 6.67. The quantitative estimate of drug-likeness (QED) is 0.469. The van der Waals surface area contributed by atoms with Crippen LogP contribution in [0, 0.1) is 11.6 Å². The van der Waals surface area contributed by atoms with Crippen molar-refractivity contribution in [3.05, 3.63) is 92.7 Å². The molecule has 8 heteroatoms. The molecular formula is C21H15Cl2F2NO3. The highest BCUT2D eigenvalue weighted by Gasteiger charge is 2.21. The second-order valence-corrected chi connectivity index (χ2v) is 6.85. The number of nitrogens with zero attached hydrogens (tertiary/aromatic N) is 1. The van der Waals surface area contributed by atoms with E-state index < -0.39 is 17.6 Å². The van der Waals surface area contributed by atoms with Crippen LogP contribution >= 0.6 is 23.2 Å². The number of halogens is 4. The minimum absolute atomic E-state index is 0.00734. The zero-order valence-electron chi connectivity index (χ0n) is 15.2. The first kappa shape index (κ1) is 21.0. The first-order valence-electron chi connectivity index (χ1n) is 8.47. The number of pyridine rings is 1. The lowest BCUT2D eigenvalue weighted by atomic mass is 10.1. The van der Waals surface area contributed by atoms with E-state index in [1.807, 2.05) is 6.07 Å². The number of ether oxygens (including phenoxy) is 2. The molecule has 3 aromatic rings. The van der Waals surface area contributed by atoms with Gasteiger partial charge in [0.1, 0.15) is 12.4 Å². The summed E-state index contributed by atoms with van der Waals surface area (Å²) in [5.74, 6) is -2.47. The molecule has 29 heavy (non-hydrogen) atoms. The van der Waals surface area contributed by atoms with Gasteiger partial charge in [-0.3, -0.25) is 0 Å². The van der Waals surface area contributed by atoms with E-state index in [0.717, 1.165) is 11.6 Å². The molecule has 4 nitrogen and oxygen atoms in total. The number of hydrogen-bond donors (Lipinski definition) is 0. The van der Waals surface area contributed by atoms with Gasteiger partial charge in [0.05, 0.1) is 22.8 Å². The van der Waals surface area contributed by atoms with Gasteiger partial charge in [-0.2, -0.15) is 0 Å². The molecule has 0 aliphatic heterocycles. The maximum atomic E-state index is 14.5. The number of aromatic nitrogens is 1. The summed E-state index contributed by atoms with van der Waals surface area (Å²) in [6, 6.07) is 12.8. The maximum absolute atomic E-state index is 14.5. The van der Waals surface area contributed by atoms with E-state index in [1.54, 1.807) is 24.3 Å². The van der Waals surface area contributed by atoms with E-state index in [1.165, 1.54) is 19.2 Å². The van der Waals surface area contributed by atoms with Crippen molar-refractivity contribution in [2.45, 2.75) is 13.0 Å². The third-order valence-electron chi connectivity index (χ3n) is 4.10. The fourth-order valence-electron chi connectivity index (χ4n) is 2.64. The smallest absolute Gasteiger partial charge is 0.358 e. The third kappa shape index (κ3) is 4.83. The summed E-state index contributed by atoms with van der Waals surface area (Å²) in [6.45, 7) is 0.00734. The van der Waals surface area contributed by atoms with Crippen LogP contribution in [0.5, 0.6) is 5.75 Å². The van der Waals surface area contributed by atoms with E-state index in [0.29, 0.717) is 0 Å². The summed E-state index contributed by atoms with van der Waals surface area (Å²) in [5, 5.41) is -0.109. The van der Waals surface area contributed by atoms with Crippen molar-refractivity contribution in [1.29, 1.82) is 0 Å². The molecule has 2 aromatic carbocycles. The van der Waals surface area contributed by atoms with Crippen molar-refractivity contribution in [3.63, 3.8) is 0 Å². The van der Waals surface area contributed by atoms with Crippen LogP contribution in [0.1, 0.15) is 27.3 Å². The Hall–Kier alpha value is -2.70. The number of carbonyl (C=O) groups is 1. The van der Waals surface area contributed by atoms with Gasteiger partial charge in [-0.1, -0.05) is 59.6 Å². The highest BCUT2D eigenvalue weighted by atomic mass is 35.5. The highest BCUT2D eigenvalue weighted by Crippen LogP contribution is 2.31. The van der Waals surface area contributed by atoms with Crippen molar-refractivity contribution < 1.29 is 23.0 Å². The van der Waals surface area contributed by atoms with Gasteiger partial charge in [-0.25, -0.2) is 18.6 Å². The van der Waals surface area contributed by atoms with Crippen LogP contribution in [0.25, 0.3) is 0 Å². The minimum atomic E-state index is -0.811. The summed E-state index contributed by atoms with van der Waals surface area (Å²) < 4.78 is 39.0. The average Bonchev–Trinajstić information content (AvgIpc) is 2.71. The Balaban J connectivity index is 1.85. The number of methoxy groups -OCH3 is 1. The van der Waals surface area contributed by atoms with Crippen molar-refractivity contribution in [2.24, 2.45) is 0 Å². The molecule has 0 saturated carbocycles. The largest absolute Gasteiger partial charge is 0.492 e. The van der Waals surface area contributed by atoms with E-state index in [9.17, 15) is 13.6 Å². The normalized spacial score (nSPS) is 10.7. The maximum Gasteiger partial charge on any atom is 0.358 e. The van der Waals surface area contributed by atoms with Gasteiger partial charge in [-0.05, 0) is 23.3 Å². The highest BCUT2D eigenvalue weighted by molar-refractivity contribution is 6.33. The molecule has 0 unspecified atom stereocenters. The second kappa shape index (κ2) is 9.20. The van der Waals surface area contributed by atoms with Crippen molar-refractivity contribution in [2.75, 3.05) is 7.11 Å². The molecule has 3 rings (SSSR count). The summed E-state index contributed by atoms with van der Waals surface area (Å²) in [5.41, 5.74) is 0.461. The van der Waals surface area contributed by atoms with Gasteiger partial charge >= 0.3 is 5.97 Å². The lowest BCUT2D eigenvalue weighted by molar-refractivity contribution is 0.0465. The van der Waals surface area contributed by atoms with Crippen LogP contribution in [0.3, 0.4) is 0 Å². The molecule has 0 aliphatic rings. The minimum Gasteiger partial charge on any atom is -0.492 e. The van der Waals surface area contributed by atoms with E-state index in [-0.39, 0.29) is 45.8 Å². The molecule has 1 heterocycles. The van der Waals surface area contributed by atoms with Gasteiger partial charge in [0.25, 0.3) is 0 Å². The summed E-state index contributed by atoms with van der Waals surface area (Å²) in [4.78, 5) is 16.3. The molecule has 0 amide bonds. The molecule has 0 radical (unpaired) electrons. The van der Waals surface area contributed by atoms with Crippen molar-refractivity contribution >= 4 is 29.2 Å². The average molecular weight is 438 g/mol. The first-order chi connectivity index (χ1) is 13.9. The van der Waals surface area contributed by atoms with E-state index in [4.69, 9.17) is 32.7 Å². The van der Waals surface area contributed by atoms with E-state index >= 15 is 0 Å². The molecule has 0 spiro atoms. The van der Waals surface area contributed by atoms with Crippen LogP contribution in [0.2, 0.25) is 10.0 Å². The van der Waals surface area contributed by atoms with Crippen LogP contribution < -0.4 is 4.74 Å². The zero-order chi connectivity index (χ0) is 21.0. The predicted molar refractivity (Wildman–Crippen MR) is 106 cm³/mol. The summed E-state index contributed by atoms with van der Waals surface area (Å²) in [6.07, 6.45) is -0.235. The topological polar surface area (TPSA) is 48.4 Å². The van der Waals surface area contributed by atoms with Gasteiger partial charge in [0.15, 0.2) is 17.3 Å². The van der Waals surface area contributed by atoms with E-state index in [2.05, 4.69) is 4.98 Å². The number of rotatable bonds is 6. The number of carbonyl (C=O) groups excluding carboxylic acids is 1. The molecular weight excluding hydrogens is 423 g/mol. The molecule has 0 fully saturated rings. The van der Waals surface area contributed by atoms with Crippen molar-refractivity contribution in [3.8, 4) is 5.75 Å². The van der Waals surface area contributed by atoms with Crippen molar-refractivity contribution in [1.82, 2.24) is 4.98 Å². The summed E-state index contributed by atoms with van der Waals surface area (Å²) >= 11 is 11.8. The van der Waals surface area contributed by atoms with Crippen LogP contribution in [0.4, 0.5) is 8.78 Å². The Bertz CT molecular complexity index is 1050. The van der Waals surface area contributed by atoms with Crippen LogP contribution in [0.15, 0.2) is 48.5 Å². The number of esters is 1. The zero-order valence-corrected chi connectivity index (χ0v) is 16.7. The summed E-state index contributed by atoms with van der Waals surface area (Å²) in [7, 11) is 1.27. The number of benzene rings is 2. The lowest BCUT2D eigenvalue weighted by Gasteiger charge is -2.11. The standard InChI is InChI=1S/C21H15Cl2F2NO3/c1-28-20-14(22)8-7-13(18(20)25)9-17-16(24)10-15(23)19(26-17)21(27)29-11-12-5-3-2-4-6-12/h2-8,10H,9,11H2,1H3. The van der Waals surface area contributed by atoms with Crippen LogP contribution in [-0.2, 0) is 17.8 Å². The van der Waals surface area contributed by atoms with Gasteiger partial charge in [-0.15, -0.1) is 0 Å². The van der Waals surface area contributed by atoms with Gasteiger partial charge < -0.3 is 9.47 Å². The Morgan fingerprint density at radius 1 is 1.07 bits per heavy atom. The number of hydrogen-bond acceptors (Lipinski definition) is 4. The molecule has 0 aliphatic carbocycles. The van der Waals surface area contributed by atoms with Gasteiger partial charge in [0, 0.05) is 6.42 Å². The fourth-order valence-corrected chi connectivity index (χ4v) is 3.08. The molecule has 1 aromatic heterocycles. The fraction of sp³-hybridized carbons (Fsp3) is 0.143. The SMILES string of the molecule is COc1c(Cl)ccc(Cc2nc(C(=O)OCc3ccccc3)c(Cl)cc2F)c1F. The lowest BCUT2D eigenvalue weighted by Crippen LogP contribution is -2.12. The first-order valence-corrected chi connectivity index (χ1v) is 9.23. The predicted octanol–water partition coefficient (Wildman–Crippen LogP) is 5.62. The molecule has 0 N–H and O–H groups in total. The Morgan fingerprint density at radius 3 is 2.48 bits per heavy atom. The molecule has 0 bridgehead atoms. The monoisotopic (exact) mass is 437 g/mol. The molecule has 0 atom stereocenters. The third-order valence-corrected chi connectivity index (χ3v) is 4.69. The Labute approximate surface area is 176 Å².